The third-order valence-electron chi connectivity index (χ3n) is 3.31. The van der Waals surface area contributed by atoms with Gasteiger partial charge in [-0.15, -0.1) is 0 Å². The highest BCUT2D eigenvalue weighted by Gasteiger charge is 2.26. The summed E-state index contributed by atoms with van der Waals surface area (Å²) in [4.78, 5) is 47.5. The van der Waals surface area contributed by atoms with E-state index >= 15 is 0 Å². The molecule has 1 atom stereocenters. The summed E-state index contributed by atoms with van der Waals surface area (Å²) in [6.07, 6.45) is -0.200. The molecular weight excluding hydrogens is 304 g/mol. The molecule has 1 fully saturated rings. The maximum absolute atomic E-state index is 12.0. The molecule has 1 aliphatic rings. The molecule has 0 spiro atoms. The molecule has 2 amide bonds. The lowest BCUT2D eigenvalue weighted by molar-refractivity contribution is -0.140. The van der Waals surface area contributed by atoms with Gasteiger partial charge in [0.05, 0.1) is 0 Å². The van der Waals surface area contributed by atoms with E-state index in [1.807, 2.05) is 0 Å². The molecule has 0 saturated carbocycles. The Morgan fingerprint density at radius 1 is 1.26 bits per heavy atom. The summed E-state index contributed by atoms with van der Waals surface area (Å²) >= 11 is 0. The Morgan fingerprint density at radius 3 is 2.30 bits per heavy atom. The Balaban J connectivity index is 2.47. The Labute approximate surface area is 135 Å². The normalized spacial score (nSPS) is 16.7. The topological polar surface area (TPSA) is 113 Å². The van der Waals surface area contributed by atoms with Crippen molar-refractivity contribution in [3.05, 3.63) is 0 Å². The zero-order valence-electron chi connectivity index (χ0n) is 13.8. The number of carboxylic acid groups (broad SMARTS) is 1. The minimum Gasteiger partial charge on any atom is -0.480 e. The molecule has 1 rings (SSSR count). The predicted octanol–water partition coefficient (Wildman–Crippen LogP) is 0.936. The highest BCUT2D eigenvalue weighted by atomic mass is 16.6. The van der Waals surface area contributed by atoms with Crippen LogP contribution in [0.3, 0.4) is 0 Å². The first kappa shape index (κ1) is 18.9. The Morgan fingerprint density at radius 2 is 1.83 bits per heavy atom. The number of Topliss-reactive ketones (excluding diaryl/α,β-unsaturated/α-hetero) is 1. The molecule has 130 valence electrons. The molecule has 8 nitrogen and oxygen atoms in total. The van der Waals surface area contributed by atoms with Gasteiger partial charge in [-0.1, -0.05) is 0 Å². The number of likely N-dealkylation sites (tertiary alicyclic amines) is 1. The van der Waals surface area contributed by atoms with E-state index in [4.69, 9.17) is 9.84 Å². The van der Waals surface area contributed by atoms with Crippen molar-refractivity contribution in [2.75, 3.05) is 13.1 Å². The number of carboxylic acids is 1. The standard InChI is InChI=1S/C15H24N2O6/c1-15(2,3)23-14(22)16-11(13(20)21)4-5-12(19)17-8-6-10(18)7-9-17/h11H,4-9H2,1-3H3,(H,16,22)(H,20,21). The summed E-state index contributed by atoms with van der Waals surface area (Å²) in [5.74, 6) is -1.31. The minimum absolute atomic E-state index is 0.0129. The van der Waals surface area contributed by atoms with Gasteiger partial charge in [-0.3, -0.25) is 9.59 Å². The van der Waals surface area contributed by atoms with Crippen LogP contribution in [0.15, 0.2) is 0 Å². The zero-order valence-corrected chi connectivity index (χ0v) is 13.8. The lowest BCUT2D eigenvalue weighted by Gasteiger charge is -2.26. The zero-order chi connectivity index (χ0) is 17.6. The number of piperidine rings is 1. The monoisotopic (exact) mass is 328 g/mol. The quantitative estimate of drug-likeness (QED) is 0.776. The van der Waals surface area contributed by atoms with Crippen LogP contribution in [0, 0.1) is 0 Å². The summed E-state index contributed by atoms with van der Waals surface area (Å²) in [6.45, 7) is 5.75. The Kier molecular flexibility index (Phi) is 6.53. The highest BCUT2D eigenvalue weighted by Crippen LogP contribution is 2.11. The number of ether oxygens (including phenoxy) is 1. The van der Waals surface area contributed by atoms with Crippen LogP contribution in [0.1, 0.15) is 46.5 Å². The van der Waals surface area contributed by atoms with Crippen molar-refractivity contribution >= 4 is 23.8 Å². The minimum atomic E-state index is -1.22. The first-order chi connectivity index (χ1) is 10.6. The van der Waals surface area contributed by atoms with E-state index in [1.165, 1.54) is 0 Å². The number of hydrogen-bond donors (Lipinski definition) is 2. The van der Waals surface area contributed by atoms with Crippen LogP contribution in [-0.4, -0.2) is 58.5 Å². The van der Waals surface area contributed by atoms with Crippen LogP contribution < -0.4 is 5.32 Å². The van der Waals surface area contributed by atoms with E-state index in [-0.39, 0.29) is 24.5 Å². The number of nitrogens with one attached hydrogen (secondary N) is 1. The molecule has 0 aromatic heterocycles. The van der Waals surface area contributed by atoms with Crippen molar-refractivity contribution in [2.45, 2.75) is 58.1 Å². The smallest absolute Gasteiger partial charge is 0.408 e. The van der Waals surface area contributed by atoms with Gasteiger partial charge < -0.3 is 20.1 Å². The van der Waals surface area contributed by atoms with Gasteiger partial charge in [0.25, 0.3) is 0 Å². The van der Waals surface area contributed by atoms with Gasteiger partial charge in [0, 0.05) is 32.4 Å². The molecule has 1 heterocycles. The van der Waals surface area contributed by atoms with E-state index in [1.54, 1.807) is 25.7 Å². The Hall–Kier alpha value is -2.12. The number of nitrogens with zero attached hydrogens (tertiary/aromatic N) is 1. The largest absolute Gasteiger partial charge is 0.480 e. The molecule has 0 aliphatic carbocycles. The van der Waals surface area contributed by atoms with Crippen molar-refractivity contribution in [3.8, 4) is 0 Å². The maximum Gasteiger partial charge on any atom is 0.408 e. The number of hydrogen-bond acceptors (Lipinski definition) is 5. The fourth-order valence-corrected chi connectivity index (χ4v) is 2.14. The first-order valence-corrected chi connectivity index (χ1v) is 7.60. The van der Waals surface area contributed by atoms with Gasteiger partial charge in [-0.25, -0.2) is 9.59 Å². The second-order valence-electron chi connectivity index (χ2n) is 6.50. The van der Waals surface area contributed by atoms with E-state index in [2.05, 4.69) is 5.32 Å². The third kappa shape index (κ3) is 7.12. The molecule has 0 bridgehead atoms. The molecule has 1 unspecified atom stereocenters. The SMILES string of the molecule is CC(C)(C)OC(=O)NC(CCC(=O)N1CCC(=O)CC1)C(=O)O. The third-order valence-corrected chi connectivity index (χ3v) is 3.31. The van der Waals surface area contributed by atoms with Crippen molar-refractivity contribution in [1.29, 1.82) is 0 Å². The Bertz CT molecular complexity index is 473. The fourth-order valence-electron chi connectivity index (χ4n) is 2.14. The summed E-state index contributed by atoms with van der Waals surface area (Å²) < 4.78 is 5.01. The van der Waals surface area contributed by atoms with Gasteiger partial charge in [0.1, 0.15) is 17.4 Å². The summed E-state index contributed by atoms with van der Waals surface area (Å²) in [6, 6.07) is -1.19. The molecule has 0 aromatic carbocycles. The average molecular weight is 328 g/mol. The molecular formula is C15H24N2O6. The number of rotatable bonds is 5. The van der Waals surface area contributed by atoms with Gasteiger partial charge in [0.2, 0.25) is 5.91 Å². The molecule has 8 heteroatoms. The molecule has 23 heavy (non-hydrogen) atoms. The van der Waals surface area contributed by atoms with Crippen LogP contribution in [0.5, 0.6) is 0 Å². The average Bonchev–Trinajstić information content (AvgIpc) is 2.41. The van der Waals surface area contributed by atoms with E-state index in [0.717, 1.165) is 0 Å². The van der Waals surface area contributed by atoms with Crippen molar-refractivity contribution < 1.29 is 29.0 Å². The predicted molar refractivity (Wildman–Crippen MR) is 80.8 cm³/mol. The molecule has 0 aromatic rings. The second kappa shape index (κ2) is 7.94. The lowest BCUT2D eigenvalue weighted by atomic mass is 10.1. The number of ketones is 1. The molecule has 1 saturated heterocycles. The van der Waals surface area contributed by atoms with Gasteiger partial charge >= 0.3 is 12.1 Å². The van der Waals surface area contributed by atoms with Crippen LogP contribution in [0.2, 0.25) is 0 Å². The molecule has 2 N–H and O–H groups in total. The highest BCUT2D eigenvalue weighted by molar-refractivity contribution is 5.84. The van der Waals surface area contributed by atoms with Gasteiger partial charge in [-0.2, -0.15) is 0 Å². The lowest BCUT2D eigenvalue weighted by Crippen LogP contribution is -2.44. The van der Waals surface area contributed by atoms with Crippen molar-refractivity contribution in [1.82, 2.24) is 10.2 Å². The van der Waals surface area contributed by atoms with Crippen LogP contribution in [0.25, 0.3) is 0 Å². The van der Waals surface area contributed by atoms with Gasteiger partial charge in [0.15, 0.2) is 0 Å². The number of carbonyl (C=O) groups excluding carboxylic acids is 3. The van der Waals surface area contributed by atoms with E-state index in [9.17, 15) is 19.2 Å². The van der Waals surface area contributed by atoms with Crippen LogP contribution >= 0.6 is 0 Å². The van der Waals surface area contributed by atoms with E-state index in [0.29, 0.717) is 25.9 Å². The summed E-state index contributed by atoms with van der Waals surface area (Å²) in [7, 11) is 0. The maximum atomic E-state index is 12.0. The number of alkyl carbamates (subject to hydrolysis) is 1. The second-order valence-corrected chi connectivity index (χ2v) is 6.50. The number of aliphatic carboxylic acids is 1. The molecule has 0 radical (unpaired) electrons. The number of amides is 2. The number of carbonyl (C=O) groups is 4. The fraction of sp³-hybridized carbons (Fsp3) is 0.733. The first-order valence-electron chi connectivity index (χ1n) is 7.60. The van der Waals surface area contributed by atoms with Crippen molar-refractivity contribution in [3.63, 3.8) is 0 Å². The van der Waals surface area contributed by atoms with Crippen LogP contribution in [0.4, 0.5) is 4.79 Å². The van der Waals surface area contributed by atoms with Crippen LogP contribution in [-0.2, 0) is 19.1 Å². The van der Waals surface area contributed by atoms with Crippen molar-refractivity contribution in [2.24, 2.45) is 0 Å². The van der Waals surface area contributed by atoms with E-state index < -0.39 is 23.7 Å². The molecule has 1 aliphatic heterocycles. The summed E-state index contributed by atoms with van der Waals surface area (Å²) in [5.41, 5.74) is -0.733. The van der Waals surface area contributed by atoms with Gasteiger partial charge in [-0.05, 0) is 27.2 Å². The summed E-state index contributed by atoms with van der Waals surface area (Å²) in [5, 5.41) is 11.4.